The number of hydrogen-bond acceptors (Lipinski definition) is 3. The van der Waals surface area contributed by atoms with Crippen molar-refractivity contribution in [3.05, 3.63) is 107 Å². The second kappa shape index (κ2) is 11.1. The lowest BCUT2D eigenvalue weighted by Gasteiger charge is -2.25. The smallest absolute Gasteiger partial charge is 0.246 e. The maximum Gasteiger partial charge on any atom is 0.246 e. The quantitative estimate of drug-likeness (QED) is 0.301. The van der Waals surface area contributed by atoms with Crippen LogP contribution in [0.15, 0.2) is 72.9 Å². The minimum absolute atomic E-state index is 0.144. The van der Waals surface area contributed by atoms with Gasteiger partial charge in [-0.05, 0) is 47.4 Å². The molecule has 39 heavy (non-hydrogen) atoms. The summed E-state index contributed by atoms with van der Waals surface area (Å²) in [4.78, 5) is 44.5. The molecule has 2 atom stereocenters. The molecule has 7 nitrogen and oxygen atoms in total. The van der Waals surface area contributed by atoms with E-state index in [1.165, 1.54) is 6.92 Å². The van der Waals surface area contributed by atoms with Crippen LogP contribution in [0.1, 0.15) is 29.2 Å². The molecule has 5 rings (SSSR count). The van der Waals surface area contributed by atoms with E-state index in [-0.39, 0.29) is 24.4 Å². The largest absolute Gasteiger partial charge is 0.361 e. The number of hydrogen-bond donors (Lipinski definition) is 3. The first-order valence-electron chi connectivity index (χ1n) is 12.7. The van der Waals surface area contributed by atoms with Gasteiger partial charge in [0.2, 0.25) is 17.7 Å². The van der Waals surface area contributed by atoms with Gasteiger partial charge in [0.25, 0.3) is 0 Å². The van der Waals surface area contributed by atoms with Crippen LogP contribution < -0.4 is 10.6 Å². The van der Waals surface area contributed by atoms with Gasteiger partial charge in [-0.1, -0.05) is 42.5 Å². The van der Waals surface area contributed by atoms with Gasteiger partial charge in [-0.3, -0.25) is 14.4 Å². The second-order valence-electron chi connectivity index (χ2n) is 9.80. The molecule has 0 fully saturated rings. The lowest BCUT2D eigenvalue weighted by molar-refractivity contribution is -0.140. The first-order chi connectivity index (χ1) is 18.8. The summed E-state index contributed by atoms with van der Waals surface area (Å²) in [6, 6.07) is 17.6. The Kier molecular flexibility index (Phi) is 7.40. The number of para-hydroxylation sites is 1. The van der Waals surface area contributed by atoms with E-state index < -0.39 is 35.4 Å². The molecule has 4 aromatic rings. The molecule has 1 aliphatic heterocycles. The maximum absolute atomic E-state index is 13.7. The van der Waals surface area contributed by atoms with E-state index in [9.17, 15) is 23.2 Å². The summed E-state index contributed by atoms with van der Waals surface area (Å²) in [5.41, 5.74) is 4.13. The van der Waals surface area contributed by atoms with Gasteiger partial charge in [0, 0.05) is 49.2 Å². The third-order valence-corrected chi connectivity index (χ3v) is 7.04. The first kappa shape index (κ1) is 26.1. The molecule has 3 aromatic carbocycles. The van der Waals surface area contributed by atoms with Crippen molar-refractivity contribution in [1.82, 2.24) is 20.5 Å². The molecule has 0 radical (unpaired) electrons. The predicted octanol–water partition coefficient (Wildman–Crippen LogP) is 3.97. The third kappa shape index (κ3) is 5.82. The monoisotopic (exact) mass is 530 g/mol. The number of rotatable bonds is 8. The Morgan fingerprint density at radius 2 is 1.56 bits per heavy atom. The van der Waals surface area contributed by atoms with Crippen molar-refractivity contribution in [3.8, 4) is 0 Å². The summed E-state index contributed by atoms with van der Waals surface area (Å²) >= 11 is 0. The van der Waals surface area contributed by atoms with Crippen LogP contribution in [0.3, 0.4) is 0 Å². The number of nitrogens with zero attached hydrogens (tertiary/aromatic N) is 1. The molecular formula is C30H28F2N4O3. The zero-order valence-electron chi connectivity index (χ0n) is 21.3. The van der Waals surface area contributed by atoms with E-state index in [4.69, 9.17) is 0 Å². The minimum atomic E-state index is -1.14. The Balaban J connectivity index is 1.30. The summed E-state index contributed by atoms with van der Waals surface area (Å²) < 4.78 is 26.9. The van der Waals surface area contributed by atoms with Gasteiger partial charge in [-0.2, -0.15) is 0 Å². The van der Waals surface area contributed by atoms with E-state index in [1.54, 1.807) is 4.90 Å². The third-order valence-electron chi connectivity index (χ3n) is 7.04. The summed E-state index contributed by atoms with van der Waals surface area (Å²) in [5, 5.41) is 6.28. The van der Waals surface area contributed by atoms with Crippen molar-refractivity contribution in [2.75, 3.05) is 0 Å². The second-order valence-corrected chi connectivity index (χ2v) is 9.80. The highest BCUT2D eigenvalue weighted by atomic mass is 19.1. The van der Waals surface area contributed by atoms with Crippen LogP contribution in [-0.4, -0.2) is 33.6 Å². The van der Waals surface area contributed by atoms with E-state index in [0.29, 0.717) is 13.1 Å². The summed E-state index contributed by atoms with van der Waals surface area (Å²) in [6.07, 6.45) is 2.06. The number of H-pyrrole nitrogens is 1. The van der Waals surface area contributed by atoms with Gasteiger partial charge in [-0.15, -0.1) is 0 Å². The Morgan fingerprint density at radius 3 is 2.26 bits per heavy atom. The van der Waals surface area contributed by atoms with E-state index in [1.807, 2.05) is 54.7 Å². The van der Waals surface area contributed by atoms with E-state index in [0.717, 1.165) is 45.8 Å². The number of nitrogens with one attached hydrogen (secondary N) is 3. The molecule has 200 valence electrons. The molecule has 0 aliphatic carbocycles. The molecule has 1 aliphatic rings. The number of aromatic amines is 1. The van der Waals surface area contributed by atoms with E-state index in [2.05, 4.69) is 15.6 Å². The van der Waals surface area contributed by atoms with Gasteiger partial charge in [-0.25, -0.2) is 8.78 Å². The Hall–Kier alpha value is -4.53. The lowest BCUT2D eigenvalue weighted by atomic mass is 10.0. The van der Waals surface area contributed by atoms with Crippen molar-refractivity contribution in [3.63, 3.8) is 0 Å². The van der Waals surface area contributed by atoms with Crippen LogP contribution in [-0.2, 0) is 40.4 Å². The van der Waals surface area contributed by atoms with Gasteiger partial charge in [0.15, 0.2) is 0 Å². The summed E-state index contributed by atoms with van der Waals surface area (Å²) in [7, 11) is 0. The number of amides is 3. The number of aromatic nitrogens is 1. The number of carbonyl (C=O) groups is 3. The molecule has 0 bridgehead atoms. The van der Waals surface area contributed by atoms with Crippen LogP contribution in [0.2, 0.25) is 0 Å². The lowest BCUT2D eigenvalue weighted by Crippen LogP contribution is -2.51. The molecule has 1 aromatic heterocycles. The number of carbonyl (C=O) groups excluding carboxylic acids is 3. The Bertz CT molecular complexity index is 1510. The molecule has 3 N–H and O–H groups in total. The van der Waals surface area contributed by atoms with Crippen molar-refractivity contribution in [1.29, 1.82) is 0 Å². The van der Waals surface area contributed by atoms with Crippen molar-refractivity contribution in [2.24, 2.45) is 5.92 Å². The van der Waals surface area contributed by atoms with Crippen LogP contribution in [0.25, 0.3) is 10.9 Å². The average Bonchev–Trinajstić information content (AvgIpc) is 3.54. The van der Waals surface area contributed by atoms with Crippen LogP contribution >= 0.6 is 0 Å². The number of fused-ring (bicyclic) bond motifs is 2. The van der Waals surface area contributed by atoms with Gasteiger partial charge < -0.3 is 20.5 Å². The Labute approximate surface area is 224 Å². The molecule has 3 amide bonds. The standard InChI is InChI=1S/C30H28F2N4O3/c1-18(28(37)34-14-19-10-23(31)13-24(32)11-19)29(38)35-27(12-22-15-33-26-9-5-4-8-25(22)26)30(39)36-16-20-6-2-3-7-21(20)17-36/h2-11,13,15,18,27,33H,12,14,16-17H2,1H3,(H,34,37)(H,35,38). The topological polar surface area (TPSA) is 94.3 Å². The molecule has 2 unspecified atom stereocenters. The fourth-order valence-electron chi connectivity index (χ4n) is 4.90. The fraction of sp³-hybridized carbons (Fsp3) is 0.233. The molecular weight excluding hydrogens is 502 g/mol. The van der Waals surface area contributed by atoms with Crippen LogP contribution in [0.5, 0.6) is 0 Å². The number of benzene rings is 3. The minimum Gasteiger partial charge on any atom is -0.361 e. The summed E-state index contributed by atoms with van der Waals surface area (Å²) in [6.45, 7) is 2.16. The highest BCUT2D eigenvalue weighted by Crippen LogP contribution is 2.25. The van der Waals surface area contributed by atoms with Gasteiger partial charge >= 0.3 is 0 Å². The van der Waals surface area contributed by atoms with Crippen LogP contribution in [0, 0.1) is 17.6 Å². The van der Waals surface area contributed by atoms with Crippen molar-refractivity contribution >= 4 is 28.6 Å². The molecule has 2 heterocycles. The first-order valence-corrected chi connectivity index (χ1v) is 12.7. The molecule has 0 spiro atoms. The highest BCUT2D eigenvalue weighted by Gasteiger charge is 2.33. The molecule has 0 saturated heterocycles. The zero-order chi connectivity index (χ0) is 27.5. The normalized spacial score (nSPS) is 14.1. The highest BCUT2D eigenvalue weighted by molar-refractivity contribution is 6.01. The molecule has 9 heteroatoms. The zero-order valence-corrected chi connectivity index (χ0v) is 21.3. The van der Waals surface area contributed by atoms with E-state index >= 15 is 0 Å². The number of halogens is 2. The molecule has 0 saturated carbocycles. The summed E-state index contributed by atoms with van der Waals surface area (Å²) in [5.74, 6) is -4.14. The van der Waals surface area contributed by atoms with Crippen LogP contribution in [0.4, 0.5) is 8.78 Å². The van der Waals surface area contributed by atoms with Gasteiger partial charge in [0.05, 0.1) is 0 Å². The Morgan fingerprint density at radius 1 is 0.923 bits per heavy atom. The van der Waals surface area contributed by atoms with Crippen molar-refractivity contribution < 1.29 is 23.2 Å². The average molecular weight is 531 g/mol. The maximum atomic E-state index is 13.7. The SMILES string of the molecule is CC(C(=O)NCc1cc(F)cc(F)c1)C(=O)NC(Cc1c[nH]c2ccccc12)C(=O)N1Cc2ccccc2C1. The fourth-order valence-corrected chi connectivity index (χ4v) is 4.90. The predicted molar refractivity (Wildman–Crippen MR) is 142 cm³/mol. The van der Waals surface area contributed by atoms with Crippen molar-refractivity contribution in [2.45, 2.75) is 39.0 Å². The van der Waals surface area contributed by atoms with Gasteiger partial charge in [0.1, 0.15) is 23.6 Å².